The largest absolute Gasteiger partial charge is 0.366 e. The molecule has 1 aromatic carbocycles. The molecule has 0 aromatic heterocycles. The number of anilines is 1. The van der Waals surface area contributed by atoms with Gasteiger partial charge in [-0.25, -0.2) is 0 Å². The molecule has 1 heterocycles. The van der Waals surface area contributed by atoms with Crippen molar-refractivity contribution in [3.05, 3.63) is 28.8 Å². The third-order valence-corrected chi connectivity index (χ3v) is 3.74. The van der Waals surface area contributed by atoms with E-state index in [1.807, 2.05) is 4.90 Å². The Morgan fingerprint density at radius 1 is 1.43 bits per heavy atom. The molecule has 1 fully saturated rings. The number of hydrogen-bond donors (Lipinski definition) is 2. The molecule has 2 amide bonds. The maximum Gasteiger partial charge on any atom is 0.250 e. The smallest absolute Gasteiger partial charge is 0.250 e. The zero-order valence-corrected chi connectivity index (χ0v) is 12.9. The minimum absolute atomic E-state index is 0.0300. The van der Waals surface area contributed by atoms with Crippen LogP contribution < -0.4 is 16.0 Å². The predicted molar refractivity (Wildman–Crippen MR) is 82.7 cm³/mol. The van der Waals surface area contributed by atoms with E-state index in [9.17, 15) is 9.59 Å². The van der Waals surface area contributed by atoms with Crippen molar-refractivity contribution in [1.82, 2.24) is 10.2 Å². The van der Waals surface area contributed by atoms with E-state index in [0.29, 0.717) is 29.4 Å². The third-order valence-electron chi connectivity index (χ3n) is 3.50. The van der Waals surface area contributed by atoms with Crippen molar-refractivity contribution in [2.24, 2.45) is 5.73 Å². The lowest BCUT2D eigenvalue weighted by Gasteiger charge is -2.38. The second-order valence-electron chi connectivity index (χ2n) is 5.17. The number of likely N-dealkylation sites (N-methyl/N-ethyl adjacent to an activating group) is 1. The second kappa shape index (κ2) is 6.32. The third kappa shape index (κ3) is 3.28. The summed E-state index contributed by atoms with van der Waals surface area (Å²) in [6.45, 7) is 1.84. The first-order valence-electron chi connectivity index (χ1n) is 6.69. The number of primary amides is 1. The number of amides is 2. The van der Waals surface area contributed by atoms with E-state index in [1.54, 1.807) is 37.2 Å². The number of nitrogens with two attached hydrogens (primary N) is 1. The Bertz CT molecular complexity index is 562. The Balaban J connectivity index is 2.44. The molecule has 3 N–H and O–H groups in total. The number of benzene rings is 1. The number of carbonyl (C=O) groups excluding carboxylic acids is 2. The van der Waals surface area contributed by atoms with Crippen LogP contribution in [0.2, 0.25) is 5.02 Å². The molecule has 0 aliphatic carbocycles. The minimum Gasteiger partial charge on any atom is -0.366 e. The summed E-state index contributed by atoms with van der Waals surface area (Å²) >= 11 is 6.04. The molecule has 6 nitrogen and oxygen atoms in total. The quantitative estimate of drug-likeness (QED) is 0.842. The molecule has 1 aliphatic heterocycles. The lowest BCUT2D eigenvalue weighted by Crippen LogP contribution is -2.58. The molecular weight excluding hydrogens is 292 g/mol. The summed E-state index contributed by atoms with van der Waals surface area (Å²) in [7, 11) is 3.42. The summed E-state index contributed by atoms with van der Waals surface area (Å²) in [5.41, 5.74) is 6.41. The molecule has 0 saturated carbocycles. The van der Waals surface area contributed by atoms with E-state index in [4.69, 9.17) is 17.3 Å². The highest BCUT2D eigenvalue weighted by atomic mass is 35.5. The highest BCUT2D eigenvalue weighted by Crippen LogP contribution is 2.27. The molecule has 1 atom stereocenters. The number of rotatable bonds is 3. The Morgan fingerprint density at radius 3 is 2.76 bits per heavy atom. The van der Waals surface area contributed by atoms with Crippen molar-refractivity contribution in [1.29, 1.82) is 0 Å². The maximum atomic E-state index is 12.3. The molecule has 114 valence electrons. The lowest BCUT2D eigenvalue weighted by molar-refractivity contribution is -0.130. The zero-order chi connectivity index (χ0) is 15.6. The van der Waals surface area contributed by atoms with Gasteiger partial charge in [-0.05, 0) is 18.2 Å². The van der Waals surface area contributed by atoms with Crippen LogP contribution >= 0.6 is 11.6 Å². The van der Waals surface area contributed by atoms with Gasteiger partial charge in [-0.3, -0.25) is 9.59 Å². The van der Waals surface area contributed by atoms with Gasteiger partial charge in [0.15, 0.2) is 0 Å². The van der Waals surface area contributed by atoms with E-state index in [0.717, 1.165) is 6.54 Å². The fourth-order valence-corrected chi connectivity index (χ4v) is 2.63. The highest BCUT2D eigenvalue weighted by Gasteiger charge is 2.31. The van der Waals surface area contributed by atoms with Crippen LogP contribution in [0.25, 0.3) is 0 Å². The fraction of sp³-hybridized carbons (Fsp3) is 0.429. The van der Waals surface area contributed by atoms with Crippen molar-refractivity contribution in [3.63, 3.8) is 0 Å². The van der Waals surface area contributed by atoms with Gasteiger partial charge in [0.1, 0.15) is 6.04 Å². The van der Waals surface area contributed by atoms with Gasteiger partial charge in [0.05, 0.1) is 11.3 Å². The molecule has 1 aromatic rings. The van der Waals surface area contributed by atoms with E-state index in [-0.39, 0.29) is 11.9 Å². The van der Waals surface area contributed by atoms with E-state index in [1.165, 1.54) is 0 Å². The van der Waals surface area contributed by atoms with Gasteiger partial charge in [-0.2, -0.15) is 0 Å². The van der Waals surface area contributed by atoms with Crippen LogP contribution in [0.3, 0.4) is 0 Å². The van der Waals surface area contributed by atoms with Crippen molar-refractivity contribution < 1.29 is 9.59 Å². The Morgan fingerprint density at radius 2 is 2.14 bits per heavy atom. The molecule has 0 spiro atoms. The predicted octanol–water partition coefficient (Wildman–Crippen LogP) is 0.305. The second-order valence-corrected chi connectivity index (χ2v) is 5.61. The van der Waals surface area contributed by atoms with Gasteiger partial charge in [0.25, 0.3) is 5.91 Å². The van der Waals surface area contributed by atoms with Crippen molar-refractivity contribution in [2.45, 2.75) is 6.04 Å². The average Bonchev–Trinajstić information content (AvgIpc) is 2.46. The molecule has 1 aliphatic rings. The first-order valence-corrected chi connectivity index (χ1v) is 7.07. The van der Waals surface area contributed by atoms with Crippen LogP contribution in [0.1, 0.15) is 10.4 Å². The lowest BCUT2D eigenvalue weighted by atomic mass is 10.1. The summed E-state index contributed by atoms with van der Waals surface area (Å²) in [5, 5.41) is 3.70. The molecular formula is C14H19ClN4O2. The summed E-state index contributed by atoms with van der Waals surface area (Å²) in [4.78, 5) is 27.4. The van der Waals surface area contributed by atoms with Crippen molar-refractivity contribution in [2.75, 3.05) is 38.6 Å². The normalized spacial score (nSPS) is 18.4. The zero-order valence-electron chi connectivity index (χ0n) is 12.1. The number of hydrogen-bond acceptors (Lipinski definition) is 4. The number of halogens is 1. The van der Waals surface area contributed by atoms with Gasteiger partial charge in [0, 0.05) is 38.8 Å². The Hall–Kier alpha value is -1.79. The van der Waals surface area contributed by atoms with Crippen LogP contribution in [0.4, 0.5) is 5.69 Å². The van der Waals surface area contributed by atoms with Gasteiger partial charge in [0.2, 0.25) is 5.91 Å². The van der Waals surface area contributed by atoms with E-state index in [2.05, 4.69) is 5.32 Å². The molecule has 1 saturated heterocycles. The number of carbonyl (C=O) groups is 2. The molecule has 7 heteroatoms. The van der Waals surface area contributed by atoms with E-state index < -0.39 is 5.91 Å². The first-order chi connectivity index (χ1) is 9.91. The monoisotopic (exact) mass is 310 g/mol. The van der Waals surface area contributed by atoms with Gasteiger partial charge in [-0.1, -0.05) is 11.6 Å². The van der Waals surface area contributed by atoms with Crippen LogP contribution in [0.15, 0.2) is 18.2 Å². The number of nitrogens with one attached hydrogen (secondary N) is 1. The van der Waals surface area contributed by atoms with Crippen LogP contribution in [0.5, 0.6) is 0 Å². The number of nitrogens with zero attached hydrogens (tertiary/aromatic N) is 2. The molecule has 21 heavy (non-hydrogen) atoms. The molecule has 2 rings (SSSR count). The number of piperazine rings is 1. The standard InChI is InChI=1S/C14H19ClN4O2/c1-18(2)14(21)12-8-17-5-6-19(12)11-7-9(15)3-4-10(11)13(16)20/h3-4,7,12,17H,5-6,8H2,1-2H3,(H2,16,20). The first kappa shape index (κ1) is 15.6. The van der Waals surface area contributed by atoms with Crippen LogP contribution in [0, 0.1) is 0 Å². The fourth-order valence-electron chi connectivity index (χ4n) is 2.46. The molecule has 1 unspecified atom stereocenters. The van der Waals surface area contributed by atoms with E-state index >= 15 is 0 Å². The van der Waals surface area contributed by atoms with Crippen molar-refractivity contribution in [3.8, 4) is 0 Å². The average molecular weight is 311 g/mol. The topological polar surface area (TPSA) is 78.7 Å². The Kier molecular flexibility index (Phi) is 4.69. The summed E-state index contributed by atoms with van der Waals surface area (Å²) in [5.74, 6) is -0.561. The summed E-state index contributed by atoms with van der Waals surface area (Å²) in [6, 6.07) is 4.52. The summed E-state index contributed by atoms with van der Waals surface area (Å²) in [6.07, 6.45) is 0. The molecule has 0 bridgehead atoms. The van der Waals surface area contributed by atoms with Gasteiger partial charge in [-0.15, -0.1) is 0 Å². The highest BCUT2D eigenvalue weighted by molar-refractivity contribution is 6.31. The van der Waals surface area contributed by atoms with Crippen LogP contribution in [-0.2, 0) is 4.79 Å². The maximum absolute atomic E-state index is 12.3. The molecule has 0 radical (unpaired) electrons. The van der Waals surface area contributed by atoms with Gasteiger partial charge >= 0.3 is 0 Å². The van der Waals surface area contributed by atoms with Gasteiger partial charge < -0.3 is 20.9 Å². The van der Waals surface area contributed by atoms with Crippen molar-refractivity contribution >= 4 is 29.1 Å². The van der Waals surface area contributed by atoms with Crippen LogP contribution in [-0.4, -0.2) is 56.5 Å². The SMILES string of the molecule is CN(C)C(=O)C1CNCCN1c1cc(Cl)ccc1C(N)=O. The summed E-state index contributed by atoms with van der Waals surface area (Å²) < 4.78 is 0. The Labute approximate surface area is 128 Å². The minimum atomic E-state index is -0.531.